The quantitative estimate of drug-likeness (QED) is 0.846. The first-order chi connectivity index (χ1) is 10.7. The Balaban J connectivity index is 2.13. The fourth-order valence-corrected chi connectivity index (χ4v) is 2.12. The van der Waals surface area contributed by atoms with Gasteiger partial charge in [-0.2, -0.15) is 13.2 Å². The molecule has 23 heavy (non-hydrogen) atoms. The van der Waals surface area contributed by atoms with Crippen LogP contribution in [0.25, 0.3) is 0 Å². The molecular formula is C15H14F3N3O2. The first kappa shape index (κ1) is 16.7. The van der Waals surface area contributed by atoms with Gasteiger partial charge < -0.3 is 5.73 Å². The highest BCUT2D eigenvalue weighted by Crippen LogP contribution is 2.30. The fraction of sp³-hybridized carbons (Fsp3) is 0.267. The molecule has 1 atom stereocenters. The van der Waals surface area contributed by atoms with Crippen molar-refractivity contribution in [2.45, 2.75) is 25.4 Å². The minimum absolute atomic E-state index is 0.00125. The van der Waals surface area contributed by atoms with Crippen molar-refractivity contribution in [1.82, 2.24) is 9.97 Å². The molecule has 5 nitrogen and oxygen atoms in total. The lowest BCUT2D eigenvalue weighted by Gasteiger charge is -2.13. The van der Waals surface area contributed by atoms with E-state index in [4.69, 9.17) is 5.73 Å². The highest BCUT2D eigenvalue weighted by Gasteiger charge is 2.30. The molecule has 0 aliphatic rings. The Hall–Kier alpha value is -2.64. The van der Waals surface area contributed by atoms with Crippen LogP contribution >= 0.6 is 0 Å². The third-order valence-electron chi connectivity index (χ3n) is 3.34. The Kier molecular flexibility index (Phi) is 4.53. The van der Waals surface area contributed by atoms with E-state index >= 15 is 0 Å². The molecule has 2 aromatic rings. The first-order valence-electron chi connectivity index (χ1n) is 6.74. The molecule has 1 aromatic carbocycles. The van der Waals surface area contributed by atoms with Gasteiger partial charge in [-0.15, -0.1) is 0 Å². The number of carbonyl (C=O) groups excluding carboxylic acids is 1. The SMILES string of the molecule is C[C@@H](CC(=O)c1cc(=O)[nH]c(N)n1)c1ccc(C(F)(F)F)cc1. The fourth-order valence-electron chi connectivity index (χ4n) is 2.12. The Morgan fingerprint density at radius 3 is 2.43 bits per heavy atom. The van der Waals surface area contributed by atoms with E-state index in [2.05, 4.69) is 9.97 Å². The van der Waals surface area contributed by atoms with Gasteiger partial charge in [-0.1, -0.05) is 19.1 Å². The number of rotatable bonds is 4. The topological polar surface area (TPSA) is 88.8 Å². The lowest BCUT2D eigenvalue weighted by molar-refractivity contribution is -0.137. The number of nitrogens with one attached hydrogen (secondary N) is 1. The van der Waals surface area contributed by atoms with Crippen LogP contribution in [0.4, 0.5) is 19.1 Å². The summed E-state index contributed by atoms with van der Waals surface area (Å²) in [7, 11) is 0. The van der Waals surface area contributed by atoms with Gasteiger partial charge in [0.15, 0.2) is 5.78 Å². The molecule has 1 heterocycles. The molecule has 0 bridgehead atoms. The molecule has 0 aliphatic heterocycles. The maximum atomic E-state index is 12.5. The zero-order valence-electron chi connectivity index (χ0n) is 12.1. The van der Waals surface area contributed by atoms with E-state index in [1.54, 1.807) is 6.92 Å². The Labute approximate surface area is 129 Å². The average Bonchev–Trinajstić information content (AvgIpc) is 2.45. The van der Waals surface area contributed by atoms with Crippen molar-refractivity contribution < 1.29 is 18.0 Å². The maximum absolute atomic E-state index is 12.5. The van der Waals surface area contributed by atoms with Crippen LogP contribution in [0.5, 0.6) is 0 Å². The van der Waals surface area contributed by atoms with Gasteiger partial charge in [0.25, 0.3) is 5.56 Å². The predicted molar refractivity (Wildman–Crippen MR) is 78.1 cm³/mol. The summed E-state index contributed by atoms with van der Waals surface area (Å²) >= 11 is 0. The zero-order valence-corrected chi connectivity index (χ0v) is 12.1. The monoisotopic (exact) mass is 325 g/mol. The van der Waals surface area contributed by atoms with Gasteiger partial charge in [-0.3, -0.25) is 14.6 Å². The van der Waals surface area contributed by atoms with Crippen molar-refractivity contribution in [3.63, 3.8) is 0 Å². The molecule has 3 N–H and O–H groups in total. The summed E-state index contributed by atoms with van der Waals surface area (Å²) < 4.78 is 37.6. The molecule has 0 amide bonds. The largest absolute Gasteiger partial charge is 0.416 e. The van der Waals surface area contributed by atoms with Crippen molar-refractivity contribution in [1.29, 1.82) is 0 Å². The number of ketones is 1. The summed E-state index contributed by atoms with van der Waals surface area (Å²) in [5.41, 5.74) is 4.61. The molecule has 8 heteroatoms. The number of nitrogen functional groups attached to an aromatic ring is 1. The number of Topliss-reactive ketones (excluding diaryl/α,β-unsaturated/α-hetero) is 1. The normalized spacial score (nSPS) is 12.9. The van der Waals surface area contributed by atoms with E-state index in [-0.39, 0.29) is 24.0 Å². The second kappa shape index (κ2) is 6.23. The van der Waals surface area contributed by atoms with Crippen molar-refractivity contribution in [3.8, 4) is 0 Å². The number of hydrogen-bond donors (Lipinski definition) is 2. The van der Waals surface area contributed by atoms with Crippen LogP contribution in [-0.2, 0) is 6.18 Å². The molecular weight excluding hydrogens is 311 g/mol. The minimum Gasteiger partial charge on any atom is -0.369 e. The van der Waals surface area contributed by atoms with Gasteiger partial charge in [-0.05, 0) is 23.6 Å². The Morgan fingerprint density at radius 1 is 1.30 bits per heavy atom. The van der Waals surface area contributed by atoms with E-state index in [9.17, 15) is 22.8 Å². The number of benzene rings is 1. The summed E-state index contributed by atoms with van der Waals surface area (Å²) in [6.45, 7) is 1.71. The third kappa shape index (κ3) is 4.18. The van der Waals surface area contributed by atoms with Gasteiger partial charge >= 0.3 is 6.18 Å². The van der Waals surface area contributed by atoms with Crippen molar-refractivity contribution >= 4 is 11.7 Å². The van der Waals surface area contributed by atoms with Crippen LogP contribution in [0, 0.1) is 0 Å². The third-order valence-corrected chi connectivity index (χ3v) is 3.34. The number of carbonyl (C=O) groups is 1. The molecule has 0 fully saturated rings. The van der Waals surface area contributed by atoms with E-state index in [0.717, 1.165) is 18.2 Å². The standard InChI is InChI=1S/C15H14F3N3O2/c1-8(9-2-4-10(5-3-9)15(16,17)18)6-12(22)11-7-13(23)21-14(19)20-11/h2-5,7-8H,6H2,1H3,(H3,19,20,21,23)/t8-/m0/s1. The number of hydrogen-bond acceptors (Lipinski definition) is 4. The lowest BCUT2D eigenvalue weighted by Crippen LogP contribution is -2.16. The van der Waals surface area contributed by atoms with E-state index in [0.29, 0.717) is 5.56 Å². The zero-order chi connectivity index (χ0) is 17.2. The van der Waals surface area contributed by atoms with Crippen molar-refractivity contribution in [2.24, 2.45) is 0 Å². The van der Waals surface area contributed by atoms with Gasteiger partial charge in [0, 0.05) is 12.5 Å². The molecule has 122 valence electrons. The number of anilines is 1. The predicted octanol–water partition coefficient (Wildman–Crippen LogP) is 2.75. The van der Waals surface area contributed by atoms with Gasteiger partial charge in [0.05, 0.1) is 5.56 Å². The molecule has 0 radical (unpaired) electrons. The lowest BCUT2D eigenvalue weighted by atomic mass is 9.94. The first-order valence-corrected chi connectivity index (χ1v) is 6.74. The number of H-pyrrole nitrogens is 1. The number of aromatic nitrogens is 2. The van der Waals surface area contributed by atoms with Crippen LogP contribution in [0.1, 0.15) is 40.9 Å². The van der Waals surface area contributed by atoms with E-state index in [1.807, 2.05) is 0 Å². The average molecular weight is 325 g/mol. The van der Waals surface area contributed by atoms with Crippen molar-refractivity contribution in [2.75, 3.05) is 5.73 Å². The summed E-state index contributed by atoms with van der Waals surface area (Å²) in [6, 6.07) is 5.65. The molecule has 0 saturated carbocycles. The Morgan fingerprint density at radius 2 is 1.91 bits per heavy atom. The Bertz CT molecular complexity index is 767. The number of nitrogens with two attached hydrogens (primary N) is 1. The number of nitrogens with zero attached hydrogens (tertiary/aromatic N) is 1. The van der Waals surface area contributed by atoms with Gasteiger partial charge in [-0.25, -0.2) is 4.98 Å². The molecule has 0 saturated heterocycles. The van der Waals surface area contributed by atoms with E-state index < -0.39 is 23.1 Å². The van der Waals surface area contributed by atoms with Crippen LogP contribution in [0.2, 0.25) is 0 Å². The molecule has 2 rings (SSSR count). The summed E-state index contributed by atoms with van der Waals surface area (Å²) in [5, 5.41) is 0. The molecule has 0 aliphatic carbocycles. The summed E-state index contributed by atoms with van der Waals surface area (Å²) in [6.07, 6.45) is -4.40. The number of aromatic amines is 1. The number of alkyl halides is 3. The van der Waals surface area contributed by atoms with Gasteiger partial charge in [0.1, 0.15) is 5.69 Å². The van der Waals surface area contributed by atoms with Crippen molar-refractivity contribution in [3.05, 3.63) is 57.5 Å². The van der Waals surface area contributed by atoms with E-state index in [1.165, 1.54) is 12.1 Å². The second-order valence-corrected chi connectivity index (χ2v) is 5.16. The summed E-state index contributed by atoms with van der Waals surface area (Å²) in [5.74, 6) is -0.898. The number of halogens is 3. The van der Waals surface area contributed by atoms with Crippen LogP contribution in [-0.4, -0.2) is 15.8 Å². The highest BCUT2D eigenvalue weighted by atomic mass is 19.4. The smallest absolute Gasteiger partial charge is 0.369 e. The van der Waals surface area contributed by atoms with Crippen LogP contribution < -0.4 is 11.3 Å². The molecule has 0 spiro atoms. The second-order valence-electron chi connectivity index (χ2n) is 5.16. The van der Waals surface area contributed by atoms with Crippen LogP contribution in [0.15, 0.2) is 35.1 Å². The highest BCUT2D eigenvalue weighted by molar-refractivity contribution is 5.94. The minimum atomic E-state index is -4.40. The van der Waals surface area contributed by atoms with Crippen LogP contribution in [0.3, 0.4) is 0 Å². The maximum Gasteiger partial charge on any atom is 0.416 e. The molecule has 1 aromatic heterocycles. The molecule has 0 unspecified atom stereocenters. The summed E-state index contributed by atoms with van der Waals surface area (Å²) in [4.78, 5) is 29.4. The van der Waals surface area contributed by atoms with Gasteiger partial charge in [0.2, 0.25) is 5.95 Å².